The molecular formula is C41H42BrFN10O9S. The zero-order valence-corrected chi connectivity index (χ0v) is 36.2. The van der Waals surface area contributed by atoms with E-state index in [-0.39, 0.29) is 76.7 Å². The first kappa shape index (κ1) is 44.7. The molecule has 0 aliphatic carbocycles. The predicted molar refractivity (Wildman–Crippen MR) is 228 cm³/mol. The van der Waals surface area contributed by atoms with Crippen LogP contribution in [0.1, 0.15) is 62.3 Å². The van der Waals surface area contributed by atoms with E-state index in [1.165, 1.54) is 48.7 Å². The van der Waals surface area contributed by atoms with Crippen LogP contribution in [0.2, 0.25) is 0 Å². The SMILES string of the molecule is Cc1cc(S(=O)(=O)NCCCCN2CCN(C(=O)COc3cccc4c3C(=O)N(C3CCC(=O)NC3=O)C4=O)CC2)ccc1Nc1ncc(Br)c(Nc2cccc(F)c2C(N)=O)n1. The number of hydrogen-bond acceptors (Lipinski definition) is 14. The number of primary amides is 1. The lowest BCUT2D eigenvalue weighted by Gasteiger charge is -2.34. The number of nitrogens with one attached hydrogen (secondary N) is 4. The van der Waals surface area contributed by atoms with Crippen LogP contribution in [0.3, 0.4) is 0 Å². The summed E-state index contributed by atoms with van der Waals surface area (Å²) in [4.78, 5) is 88.8. The van der Waals surface area contributed by atoms with E-state index in [0.717, 1.165) is 11.0 Å². The van der Waals surface area contributed by atoms with Gasteiger partial charge in [-0.25, -0.2) is 22.5 Å². The number of sulfonamides is 1. The molecule has 6 N–H and O–H groups in total. The molecule has 7 rings (SSSR count). The van der Waals surface area contributed by atoms with Crippen LogP contribution in [0.5, 0.6) is 5.75 Å². The monoisotopic (exact) mass is 948 g/mol. The van der Waals surface area contributed by atoms with E-state index >= 15 is 0 Å². The van der Waals surface area contributed by atoms with E-state index in [1.807, 2.05) is 0 Å². The second kappa shape index (κ2) is 18.9. The minimum Gasteiger partial charge on any atom is -0.483 e. The van der Waals surface area contributed by atoms with Gasteiger partial charge in [-0.3, -0.25) is 43.9 Å². The van der Waals surface area contributed by atoms with E-state index < -0.39 is 51.4 Å². The molecule has 63 heavy (non-hydrogen) atoms. The van der Waals surface area contributed by atoms with Crippen molar-refractivity contribution in [1.29, 1.82) is 0 Å². The third-order valence-electron chi connectivity index (χ3n) is 10.7. The Bertz CT molecular complexity index is 2630. The third kappa shape index (κ3) is 9.98. The molecule has 3 aliphatic heterocycles. The Hall–Kier alpha value is -6.36. The van der Waals surface area contributed by atoms with Gasteiger partial charge in [0.2, 0.25) is 27.8 Å². The number of benzene rings is 3. The first-order chi connectivity index (χ1) is 30.1. The molecule has 330 valence electrons. The minimum absolute atomic E-state index is 0.00564. The van der Waals surface area contributed by atoms with Gasteiger partial charge in [-0.15, -0.1) is 0 Å². The standard InChI is InChI=1S/C41H42BrFN10O9S/c1-23-20-24(10-11-28(23)48-41-45-21-26(42)37(50-41)47-29-8-5-7-27(43)35(29)36(44)56)63(60,61)46-14-2-3-15-51-16-18-52(19-17-51)33(55)22-62-31-9-4-6-25-34(31)40(59)53(39(25)58)30-12-13-32(54)49-38(30)57/h4-11,20-21,30,46H,2-3,12-19,22H2,1H3,(H2,44,56)(H,49,54,57)(H2,45,47,48,50). The summed E-state index contributed by atoms with van der Waals surface area (Å²) in [6.45, 7) is 4.33. The number of nitrogens with zero attached hydrogens (tertiary/aromatic N) is 5. The molecule has 1 unspecified atom stereocenters. The number of piperazine rings is 1. The van der Waals surface area contributed by atoms with Crippen molar-refractivity contribution >= 4 is 84.5 Å². The van der Waals surface area contributed by atoms with E-state index in [4.69, 9.17) is 10.5 Å². The first-order valence-electron chi connectivity index (χ1n) is 19.8. The molecule has 3 aromatic carbocycles. The number of aryl methyl sites for hydroxylation is 1. The molecule has 1 aromatic heterocycles. The number of nitrogens with two attached hydrogens (primary N) is 1. The lowest BCUT2D eigenvalue weighted by atomic mass is 10.0. The van der Waals surface area contributed by atoms with Crippen LogP contribution in [-0.2, 0) is 24.4 Å². The van der Waals surface area contributed by atoms with Crippen molar-refractivity contribution in [2.24, 2.45) is 5.73 Å². The number of fused-ring (bicyclic) bond motifs is 1. The second-order valence-electron chi connectivity index (χ2n) is 14.9. The number of carbonyl (C=O) groups excluding carboxylic acids is 6. The summed E-state index contributed by atoms with van der Waals surface area (Å²) in [6.07, 6.45) is 2.74. The highest BCUT2D eigenvalue weighted by Crippen LogP contribution is 2.34. The van der Waals surface area contributed by atoms with Gasteiger partial charge in [-0.05, 0) is 96.7 Å². The van der Waals surface area contributed by atoms with Crippen LogP contribution in [0.4, 0.5) is 27.5 Å². The fourth-order valence-electron chi connectivity index (χ4n) is 7.39. The maximum absolute atomic E-state index is 14.3. The Labute approximate surface area is 369 Å². The molecule has 0 bridgehead atoms. The van der Waals surface area contributed by atoms with Gasteiger partial charge in [0.1, 0.15) is 23.4 Å². The summed E-state index contributed by atoms with van der Waals surface area (Å²) in [7, 11) is -3.83. The van der Waals surface area contributed by atoms with Crippen LogP contribution in [0.15, 0.2) is 70.2 Å². The van der Waals surface area contributed by atoms with Crippen LogP contribution < -0.4 is 31.1 Å². The Balaban J connectivity index is 0.835. The van der Waals surface area contributed by atoms with Crippen molar-refractivity contribution in [1.82, 2.24) is 34.7 Å². The average molecular weight is 950 g/mol. The van der Waals surface area contributed by atoms with Gasteiger partial charge in [0.05, 0.1) is 31.7 Å². The van der Waals surface area contributed by atoms with Crippen molar-refractivity contribution in [2.75, 3.05) is 56.5 Å². The number of halogens is 2. The number of carbonyl (C=O) groups is 6. The van der Waals surface area contributed by atoms with Crippen molar-refractivity contribution in [2.45, 2.75) is 43.5 Å². The van der Waals surface area contributed by atoms with Crippen LogP contribution >= 0.6 is 15.9 Å². The second-order valence-corrected chi connectivity index (χ2v) is 17.5. The highest BCUT2D eigenvalue weighted by molar-refractivity contribution is 9.10. The van der Waals surface area contributed by atoms with E-state index in [1.54, 1.807) is 17.9 Å². The summed E-state index contributed by atoms with van der Waals surface area (Å²) < 4.78 is 49.5. The number of amides is 6. The molecule has 4 heterocycles. The van der Waals surface area contributed by atoms with Crippen LogP contribution in [0, 0.1) is 12.7 Å². The fraction of sp³-hybridized carbons (Fsp3) is 0.317. The number of piperidine rings is 1. The first-order valence-corrected chi connectivity index (χ1v) is 22.1. The molecule has 3 aliphatic rings. The number of unbranched alkanes of at least 4 members (excludes halogenated alkanes) is 1. The zero-order valence-electron chi connectivity index (χ0n) is 33.8. The Morgan fingerprint density at radius 2 is 1.75 bits per heavy atom. The molecule has 6 amide bonds. The smallest absolute Gasteiger partial charge is 0.266 e. The third-order valence-corrected chi connectivity index (χ3v) is 12.8. The quantitative estimate of drug-likeness (QED) is 0.0800. The van der Waals surface area contributed by atoms with Crippen LogP contribution in [-0.4, -0.2) is 120 Å². The summed E-state index contributed by atoms with van der Waals surface area (Å²) >= 11 is 3.34. The van der Waals surface area contributed by atoms with Crippen LogP contribution in [0.25, 0.3) is 0 Å². The van der Waals surface area contributed by atoms with Gasteiger partial charge in [0.25, 0.3) is 23.6 Å². The van der Waals surface area contributed by atoms with Crippen molar-refractivity contribution in [3.63, 3.8) is 0 Å². The van der Waals surface area contributed by atoms with Gasteiger partial charge in [0.15, 0.2) is 6.61 Å². The molecular weight excluding hydrogens is 907 g/mol. The number of ether oxygens (including phenoxy) is 1. The van der Waals surface area contributed by atoms with Crippen molar-refractivity contribution < 1.29 is 46.3 Å². The maximum Gasteiger partial charge on any atom is 0.266 e. The van der Waals surface area contributed by atoms with Gasteiger partial charge in [0, 0.05) is 51.0 Å². The molecule has 19 nitrogen and oxygen atoms in total. The fourth-order valence-corrected chi connectivity index (χ4v) is 8.84. The number of rotatable bonds is 16. The Morgan fingerprint density at radius 1 is 0.984 bits per heavy atom. The van der Waals surface area contributed by atoms with Gasteiger partial charge in [-0.1, -0.05) is 12.1 Å². The number of hydrogen-bond donors (Lipinski definition) is 5. The minimum atomic E-state index is -3.83. The molecule has 0 radical (unpaired) electrons. The lowest BCUT2D eigenvalue weighted by molar-refractivity contribution is -0.136. The largest absolute Gasteiger partial charge is 0.483 e. The molecule has 0 saturated carbocycles. The highest BCUT2D eigenvalue weighted by atomic mass is 79.9. The molecule has 2 fully saturated rings. The Morgan fingerprint density at radius 3 is 2.48 bits per heavy atom. The molecule has 4 aromatic rings. The molecule has 1 atom stereocenters. The summed E-state index contributed by atoms with van der Waals surface area (Å²) in [6, 6.07) is 11.9. The average Bonchev–Trinajstić information content (AvgIpc) is 3.50. The topological polar surface area (TPSA) is 255 Å². The zero-order chi connectivity index (χ0) is 45.0. The maximum atomic E-state index is 14.3. The normalized spacial score (nSPS) is 16.8. The van der Waals surface area contributed by atoms with E-state index in [2.05, 4.69) is 51.5 Å². The number of imide groups is 2. The van der Waals surface area contributed by atoms with E-state index in [9.17, 15) is 41.6 Å². The number of anilines is 4. The lowest BCUT2D eigenvalue weighted by Crippen LogP contribution is -2.54. The van der Waals surface area contributed by atoms with Gasteiger partial charge in [-0.2, -0.15) is 4.98 Å². The number of aromatic nitrogens is 2. The van der Waals surface area contributed by atoms with Gasteiger partial charge >= 0.3 is 0 Å². The van der Waals surface area contributed by atoms with Crippen molar-refractivity contribution in [3.8, 4) is 5.75 Å². The molecule has 2 saturated heterocycles. The predicted octanol–water partition coefficient (Wildman–Crippen LogP) is 2.96. The molecule has 0 spiro atoms. The summed E-state index contributed by atoms with van der Waals surface area (Å²) in [5.41, 5.74) is 6.32. The van der Waals surface area contributed by atoms with Crippen molar-refractivity contribution in [3.05, 3.63) is 93.3 Å². The van der Waals surface area contributed by atoms with E-state index in [0.29, 0.717) is 61.3 Å². The summed E-state index contributed by atoms with van der Waals surface area (Å²) in [5, 5.41) is 8.11. The highest BCUT2D eigenvalue weighted by Gasteiger charge is 2.46. The Kier molecular flexibility index (Phi) is 13.4. The summed E-state index contributed by atoms with van der Waals surface area (Å²) in [5.74, 6) is -4.21. The van der Waals surface area contributed by atoms with Gasteiger partial charge < -0.3 is 26.0 Å². The molecule has 22 heteroatoms.